The van der Waals surface area contributed by atoms with Crippen LogP contribution in [0.25, 0.3) is 0 Å². The van der Waals surface area contributed by atoms with Crippen molar-refractivity contribution in [2.24, 2.45) is 0 Å². The van der Waals surface area contributed by atoms with Crippen molar-refractivity contribution in [2.45, 2.75) is 71.0 Å². The van der Waals surface area contributed by atoms with Gasteiger partial charge >= 0.3 is 0 Å². The highest BCUT2D eigenvalue weighted by Gasteiger charge is 2.34. The molecule has 1 unspecified atom stereocenters. The lowest BCUT2D eigenvalue weighted by Gasteiger charge is -2.35. The fourth-order valence-corrected chi connectivity index (χ4v) is 6.16. The molecule has 4 rings (SSSR count). The monoisotopic (exact) mass is 575 g/mol. The van der Waals surface area contributed by atoms with Gasteiger partial charge in [-0.15, -0.1) is 0 Å². The van der Waals surface area contributed by atoms with Gasteiger partial charge in [-0.25, -0.2) is 8.42 Å². The van der Waals surface area contributed by atoms with Crippen molar-refractivity contribution in [2.75, 3.05) is 17.1 Å². The summed E-state index contributed by atoms with van der Waals surface area (Å²) in [6, 6.07) is 23.8. The topological polar surface area (TPSA) is 86.8 Å². The molecule has 1 saturated carbocycles. The van der Waals surface area contributed by atoms with E-state index < -0.39 is 28.5 Å². The summed E-state index contributed by atoms with van der Waals surface area (Å²) in [5.41, 5.74) is 4.28. The minimum atomic E-state index is -3.78. The van der Waals surface area contributed by atoms with Crippen molar-refractivity contribution in [1.82, 2.24) is 10.2 Å². The molecule has 1 N–H and O–H groups in total. The zero-order valence-corrected chi connectivity index (χ0v) is 25.1. The van der Waals surface area contributed by atoms with Crippen LogP contribution in [0.4, 0.5) is 5.69 Å². The number of hydrogen-bond donors (Lipinski definition) is 1. The molecule has 218 valence electrons. The Morgan fingerprint density at radius 3 is 2.00 bits per heavy atom. The highest BCUT2D eigenvalue weighted by Crippen LogP contribution is 2.22. The number of sulfonamides is 1. The van der Waals surface area contributed by atoms with Gasteiger partial charge in [0.2, 0.25) is 21.8 Å². The molecule has 0 aromatic heterocycles. The first-order valence-electron chi connectivity index (χ1n) is 14.3. The molecule has 1 aliphatic rings. The van der Waals surface area contributed by atoms with Gasteiger partial charge in [-0.2, -0.15) is 0 Å². The number of benzene rings is 3. The first-order chi connectivity index (χ1) is 19.6. The van der Waals surface area contributed by atoms with Gasteiger partial charge in [0.15, 0.2) is 0 Å². The van der Waals surface area contributed by atoms with E-state index in [0.717, 1.165) is 64.9 Å². The van der Waals surface area contributed by atoms with E-state index in [1.165, 1.54) is 0 Å². The molecule has 0 heterocycles. The van der Waals surface area contributed by atoms with Crippen LogP contribution < -0.4 is 9.62 Å². The smallest absolute Gasteiger partial charge is 0.244 e. The Hall–Kier alpha value is -3.65. The maximum atomic E-state index is 14.2. The lowest BCUT2D eigenvalue weighted by molar-refractivity contribution is -0.140. The molecule has 3 aromatic rings. The van der Waals surface area contributed by atoms with Crippen molar-refractivity contribution in [1.29, 1.82) is 0 Å². The second kappa shape index (κ2) is 13.8. The predicted octanol–water partition coefficient (Wildman–Crippen LogP) is 5.16. The van der Waals surface area contributed by atoms with Crippen LogP contribution in [-0.2, 0) is 32.6 Å². The highest BCUT2D eigenvalue weighted by atomic mass is 32.2. The van der Waals surface area contributed by atoms with E-state index in [1.54, 1.807) is 17.0 Å². The van der Waals surface area contributed by atoms with Crippen LogP contribution in [0, 0.1) is 13.8 Å². The van der Waals surface area contributed by atoms with Crippen LogP contribution >= 0.6 is 0 Å². The zero-order chi connectivity index (χ0) is 29.4. The van der Waals surface area contributed by atoms with Crippen LogP contribution in [0.2, 0.25) is 0 Å². The Balaban J connectivity index is 1.71. The second-order valence-electron chi connectivity index (χ2n) is 11.2. The summed E-state index contributed by atoms with van der Waals surface area (Å²) in [5.74, 6) is -0.640. The van der Waals surface area contributed by atoms with E-state index in [1.807, 2.05) is 80.6 Å². The molecule has 1 fully saturated rings. The first kappa shape index (κ1) is 30.3. The molecule has 1 atom stereocenters. The van der Waals surface area contributed by atoms with E-state index in [2.05, 4.69) is 5.32 Å². The number of aryl methyl sites for hydroxylation is 2. The minimum absolute atomic E-state index is 0.0749. The summed E-state index contributed by atoms with van der Waals surface area (Å²) in [5, 5.41) is 3.23. The van der Waals surface area contributed by atoms with Crippen LogP contribution in [0.15, 0.2) is 78.9 Å². The average molecular weight is 576 g/mol. The van der Waals surface area contributed by atoms with Crippen LogP contribution in [0.5, 0.6) is 0 Å². The molecule has 41 heavy (non-hydrogen) atoms. The molecule has 0 bridgehead atoms. The lowest BCUT2D eigenvalue weighted by Crippen LogP contribution is -2.55. The van der Waals surface area contributed by atoms with E-state index >= 15 is 0 Å². The summed E-state index contributed by atoms with van der Waals surface area (Å²) in [7, 11) is -3.78. The summed E-state index contributed by atoms with van der Waals surface area (Å²) in [6.07, 6.45) is 6.57. The molecule has 0 aliphatic heterocycles. The van der Waals surface area contributed by atoms with Gasteiger partial charge in [-0.1, -0.05) is 97.1 Å². The predicted molar refractivity (Wildman–Crippen MR) is 164 cm³/mol. The van der Waals surface area contributed by atoms with E-state index in [4.69, 9.17) is 0 Å². The molecule has 3 aromatic carbocycles. The summed E-state index contributed by atoms with van der Waals surface area (Å²) in [4.78, 5) is 29.7. The fourth-order valence-electron chi connectivity index (χ4n) is 5.31. The van der Waals surface area contributed by atoms with Gasteiger partial charge in [0.25, 0.3) is 0 Å². The first-order valence-corrected chi connectivity index (χ1v) is 16.2. The number of anilines is 1. The maximum Gasteiger partial charge on any atom is 0.244 e. The van der Waals surface area contributed by atoms with Crippen LogP contribution in [-0.4, -0.2) is 50.0 Å². The van der Waals surface area contributed by atoms with Crippen molar-refractivity contribution in [3.63, 3.8) is 0 Å². The Kier molecular flexibility index (Phi) is 10.2. The number of carbonyl (C=O) groups is 2. The summed E-state index contributed by atoms with van der Waals surface area (Å²) >= 11 is 0. The van der Waals surface area contributed by atoms with Gasteiger partial charge in [-0.3, -0.25) is 13.9 Å². The van der Waals surface area contributed by atoms with E-state index in [9.17, 15) is 18.0 Å². The molecule has 8 heteroatoms. The number of amides is 2. The van der Waals surface area contributed by atoms with Gasteiger partial charge in [0, 0.05) is 19.0 Å². The largest absolute Gasteiger partial charge is 0.352 e. The number of hydrogen-bond acceptors (Lipinski definition) is 4. The van der Waals surface area contributed by atoms with Crippen molar-refractivity contribution < 1.29 is 18.0 Å². The van der Waals surface area contributed by atoms with Crippen LogP contribution in [0.1, 0.15) is 54.4 Å². The SMILES string of the molecule is Cc1ccc(CN(C(=O)CN(c2ccc(C)cc2)S(C)(=O)=O)C(Cc2ccccc2)C(=O)NC2CCCCC2)cc1. The summed E-state index contributed by atoms with van der Waals surface area (Å²) in [6.45, 7) is 3.69. The minimum Gasteiger partial charge on any atom is -0.352 e. The Bertz CT molecular complexity index is 1400. The van der Waals surface area contributed by atoms with Gasteiger partial charge in [-0.05, 0) is 49.9 Å². The number of carbonyl (C=O) groups excluding carboxylic acids is 2. The molecule has 1 aliphatic carbocycles. The number of nitrogens with one attached hydrogen (secondary N) is 1. The van der Waals surface area contributed by atoms with Gasteiger partial charge in [0.1, 0.15) is 12.6 Å². The maximum absolute atomic E-state index is 14.2. The normalized spacial score (nSPS) is 14.7. The summed E-state index contributed by atoms with van der Waals surface area (Å²) < 4.78 is 26.9. The number of rotatable bonds is 11. The van der Waals surface area contributed by atoms with Crippen molar-refractivity contribution in [3.8, 4) is 0 Å². The van der Waals surface area contributed by atoms with Gasteiger partial charge in [0.05, 0.1) is 11.9 Å². The molecule has 2 amide bonds. The standard InChI is InChI=1S/C33H41N3O4S/c1-25-14-18-28(19-15-25)23-35(32(37)24-36(41(3,39)40)30-20-16-26(2)17-21-30)31(22-27-10-6-4-7-11-27)33(38)34-29-12-8-5-9-13-29/h4,6-7,10-11,14-21,29,31H,5,8-9,12-13,22-24H2,1-3H3,(H,34,38). The number of nitrogens with zero attached hydrogens (tertiary/aromatic N) is 2. The third-order valence-corrected chi connectivity index (χ3v) is 8.84. The van der Waals surface area contributed by atoms with Crippen molar-refractivity contribution >= 4 is 27.5 Å². The molecule has 0 spiro atoms. The van der Waals surface area contributed by atoms with Crippen molar-refractivity contribution in [3.05, 3.63) is 101 Å². The van der Waals surface area contributed by atoms with E-state index in [-0.39, 0.29) is 18.5 Å². The Labute approximate surface area is 244 Å². The van der Waals surface area contributed by atoms with Crippen LogP contribution in [0.3, 0.4) is 0 Å². The molecule has 7 nitrogen and oxygen atoms in total. The lowest BCUT2D eigenvalue weighted by atomic mass is 9.94. The second-order valence-corrected chi connectivity index (χ2v) is 13.1. The van der Waals surface area contributed by atoms with Gasteiger partial charge < -0.3 is 10.2 Å². The Morgan fingerprint density at radius 2 is 1.41 bits per heavy atom. The third-order valence-electron chi connectivity index (χ3n) is 7.70. The quantitative estimate of drug-likeness (QED) is 0.342. The average Bonchev–Trinajstić information content (AvgIpc) is 2.95. The molecular weight excluding hydrogens is 534 g/mol. The zero-order valence-electron chi connectivity index (χ0n) is 24.3. The van der Waals surface area contributed by atoms with E-state index in [0.29, 0.717) is 12.1 Å². The fraction of sp³-hybridized carbons (Fsp3) is 0.394. The molecular formula is C33H41N3O4S. The highest BCUT2D eigenvalue weighted by molar-refractivity contribution is 7.92. The Morgan fingerprint density at radius 1 is 0.829 bits per heavy atom. The molecule has 0 radical (unpaired) electrons. The third kappa shape index (κ3) is 8.67. The molecule has 0 saturated heterocycles.